The Morgan fingerprint density at radius 3 is 1.84 bits per heavy atom. The fraction of sp³-hybridized carbons (Fsp3) is 0.429. The van der Waals surface area contributed by atoms with Crippen molar-refractivity contribution in [2.24, 2.45) is 0 Å². The van der Waals surface area contributed by atoms with Crippen LogP contribution >= 0.6 is 0 Å². The van der Waals surface area contributed by atoms with Crippen LogP contribution in [0.1, 0.15) is 27.2 Å². The van der Waals surface area contributed by atoms with Crippen molar-refractivity contribution < 1.29 is 13.9 Å². The minimum absolute atomic E-state index is 0.0130. The molecule has 1 heterocycles. The van der Waals surface area contributed by atoms with Gasteiger partial charge in [0, 0.05) is 13.5 Å². The lowest BCUT2D eigenvalue weighted by atomic mass is 10.2. The van der Waals surface area contributed by atoms with Crippen molar-refractivity contribution in [1.29, 1.82) is 0 Å². The lowest BCUT2D eigenvalue weighted by molar-refractivity contribution is -0.0882. The molecule has 0 aromatic heterocycles. The quantitative estimate of drug-likeness (QED) is 0.769. The Hall–Kier alpha value is -1.46. The molecular weight excluding hydrogens is 328 g/mol. The fourth-order valence-corrected chi connectivity index (χ4v) is 8.43. The highest BCUT2D eigenvalue weighted by atomic mass is 28.4. The maximum Gasteiger partial charge on any atom is 0.261 e. The van der Waals surface area contributed by atoms with Crippen molar-refractivity contribution in [1.82, 2.24) is 0 Å². The van der Waals surface area contributed by atoms with Gasteiger partial charge in [-0.15, -0.1) is 0 Å². The average Bonchev–Trinajstić information content (AvgIpc) is 3.08. The van der Waals surface area contributed by atoms with E-state index in [2.05, 4.69) is 81.4 Å². The number of rotatable bonds is 5. The summed E-state index contributed by atoms with van der Waals surface area (Å²) in [5.41, 5.74) is 0. The van der Waals surface area contributed by atoms with Crippen LogP contribution in [0.5, 0.6) is 0 Å². The van der Waals surface area contributed by atoms with Gasteiger partial charge in [-0.3, -0.25) is 0 Å². The molecular formula is C21H28O3Si. The lowest BCUT2D eigenvalue weighted by Gasteiger charge is -2.44. The smallest absolute Gasteiger partial charge is 0.261 e. The Labute approximate surface area is 152 Å². The highest BCUT2D eigenvalue weighted by Crippen LogP contribution is 2.38. The molecule has 1 saturated heterocycles. The molecule has 1 aliphatic heterocycles. The number of methoxy groups -OCH3 is 1. The molecule has 0 saturated carbocycles. The molecule has 0 spiro atoms. The minimum atomic E-state index is -2.49. The van der Waals surface area contributed by atoms with Gasteiger partial charge in [0.1, 0.15) is 0 Å². The summed E-state index contributed by atoms with van der Waals surface area (Å²) >= 11 is 0. The predicted octanol–water partition coefficient (Wildman–Crippen LogP) is 3.32. The Balaban J connectivity index is 2.09. The van der Waals surface area contributed by atoms with E-state index in [0.717, 1.165) is 6.42 Å². The summed E-state index contributed by atoms with van der Waals surface area (Å²) < 4.78 is 18.1. The maximum absolute atomic E-state index is 7.00. The van der Waals surface area contributed by atoms with E-state index in [-0.39, 0.29) is 17.4 Å². The summed E-state index contributed by atoms with van der Waals surface area (Å²) in [5.74, 6) is 0. The monoisotopic (exact) mass is 356 g/mol. The van der Waals surface area contributed by atoms with Crippen LogP contribution < -0.4 is 10.4 Å². The molecule has 2 aromatic rings. The zero-order valence-corrected chi connectivity index (χ0v) is 16.6. The zero-order chi connectivity index (χ0) is 17.9. The lowest BCUT2D eigenvalue weighted by Crippen LogP contribution is -2.67. The van der Waals surface area contributed by atoms with Crippen molar-refractivity contribution in [3.05, 3.63) is 60.7 Å². The zero-order valence-electron chi connectivity index (χ0n) is 15.6. The van der Waals surface area contributed by atoms with E-state index in [1.54, 1.807) is 7.11 Å². The number of ether oxygens (including phenoxy) is 2. The standard InChI is InChI=1S/C21H28O3Si/c1-21(2,3)25(18-11-7-5-8-12-18,19-13-9-6-10-14-19)24-17-15-20(22-4)23-16-17/h5-14,17,20H,15-16H2,1-4H3/t17-,20?/m0/s1. The van der Waals surface area contributed by atoms with Crippen molar-refractivity contribution >= 4 is 18.7 Å². The van der Waals surface area contributed by atoms with Crippen LogP contribution in [0.25, 0.3) is 0 Å². The van der Waals surface area contributed by atoms with Crippen LogP contribution in [0.3, 0.4) is 0 Å². The van der Waals surface area contributed by atoms with Gasteiger partial charge in [-0.2, -0.15) is 0 Å². The van der Waals surface area contributed by atoms with Gasteiger partial charge in [0.2, 0.25) is 0 Å². The Bertz CT molecular complexity index is 627. The molecule has 25 heavy (non-hydrogen) atoms. The predicted molar refractivity (Wildman–Crippen MR) is 104 cm³/mol. The summed E-state index contributed by atoms with van der Waals surface area (Å²) in [5, 5.41) is 2.59. The third-order valence-electron chi connectivity index (χ3n) is 4.95. The van der Waals surface area contributed by atoms with E-state index in [1.807, 2.05) is 0 Å². The van der Waals surface area contributed by atoms with Crippen molar-refractivity contribution in [2.45, 2.75) is 44.6 Å². The molecule has 0 aliphatic carbocycles. The van der Waals surface area contributed by atoms with E-state index in [0.29, 0.717) is 6.61 Å². The van der Waals surface area contributed by atoms with Gasteiger partial charge < -0.3 is 13.9 Å². The third kappa shape index (κ3) is 3.58. The summed E-state index contributed by atoms with van der Waals surface area (Å²) in [4.78, 5) is 0. The number of hydrogen-bond donors (Lipinski definition) is 0. The fourth-order valence-electron chi connectivity index (χ4n) is 3.75. The van der Waals surface area contributed by atoms with Crippen LogP contribution in [-0.2, 0) is 13.9 Å². The van der Waals surface area contributed by atoms with Crippen molar-refractivity contribution in [3.8, 4) is 0 Å². The van der Waals surface area contributed by atoms with Crippen LogP contribution in [-0.4, -0.2) is 34.4 Å². The van der Waals surface area contributed by atoms with Crippen LogP contribution in [0.2, 0.25) is 5.04 Å². The van der Waals surface area contributed by atoms with E-state index in [9.17, 15) is 0 Å². The first-order valence-electron chi connectivity index (χ1n) is 8.90. The van der Waals surface area contributed by atoms with Crippen molar-refractivity contribution in [3.63, 3.8) is 0 Å². The molecule has 0 radical (unpaired) electrons. The first-order chi connectivity index (χ1) is 12.0. The Morgan fingerprint density at radius 2 is 1.44 bits per heavy atom. The molecule has 2 aromatic carbocycles. The minimum Gasteiger partial charge on any atom is -0.402 e. The van der Waals surface area contributed by atoms with Crippen LogP contribution in [0.15, 0.2) is 60.7 Å². The summed E-state index contributed by atoms with van der Waals surface area (Å²) in [6.45, 7) is 7.47. The van der Waals surface area contributed by atoms with E-state index >= 15 is 0 Å². The first-order valence-corrected chi connectivity index (χ1v) is 10.8. The second-order valence-electron chi connectivity index (χ2n) is 7.64. The maximum atomic E-state index is 7.00. The molecule has 2 atom stereocenters. The van der Waals surface area contributed by atoms with E-state index in [4.69, 9.17) is 13.9 Å². The van der Waals surface area contributed by atoms with Crippen LogP contribution in [0, 0.1) is 0 Å². The van der Waals surface area contributed by atoms with Gasteiger partial charge in [-0.25, -0.2) is 0 Å². The third-order valence-corrected chi connectivity index (χ3v) is 10.0. The molecule has 134 valence electrons. The van der Waals surface area contributed by atoms with Crippen LogP contribution in [0.4, 0.5) is 0 Å². The van der Waals surface area contributed by atoms with Gasteiger partial charge in [0.05, 0.1) is 12.7 Å². The topological polar surface area (TPSA) is 27.7 Å². The Kier molecular flexibility index (Phi) is 5.44. The largest absolute Gasteiger partial charge is 0.402 e. The second-order valence-corrected chi connectivity index (χ2v) is 11.9. The number of benzene rings is 2. The molecule has 3 nitrogen and oxygen atoms in total. The van der Waals surface area contributed by atoms with Gasteiger partial charge >= 0.3 is 0 Å². The molecule has 1 unspecified atom stereocenters. The molecule has 0 N–H and O–H groups in total. The normalized spacial score (nSPS) is 21.4. The Morgan fingerprint density at radius 1 is 0.920 bits per heavy atom. The average molecular weight is 357 g/mol. The molecule has 3 rings (SSSR count). The summed E-state index contributed by atoms with van der Waals surface area (Å²) in [6.07, 6.45) is 0.667. The highest BCUT2D eigenvalue weighted by Gasteiger charge is 2.52. The molecule has 0 amide bonds. The van der Waals surface area contributed by atoms with E-state index in [1.165, 1.54) is 10.4 Å². The van der Waals surface area contributed by atoms with Gasteiger partial charge in [-0.1, -0.05) is 81.4 Å². The highest BCUT2D eigenvalue weighted by molar-refractivity contribution is 6.99. The number of hydrogen-bond acceptors (Lipinski definition) is 3. The molecule has 1 aliphatic rings. The summed E-state index contributed by atoms with van der Waals surface area (Å²) in [7, 11) is -0.802. The molecule has 4 heteroatoms. The second kappa shape index (κ2) is 7.42. The molecule has 1 fully saturated rings. The van der Waals surface area contributed by atoms with Gasteiger partial charge in [-0.05, 0) is 15.4 Å². The van der Waals surface area contributed by atoms with Crippen molar-refractivity contribution in [2.75, 3.05) is 13.7 Å². The molecule has 0 bridgehead atoms. The first kappa shape index (κ1) is 18.3. The van der Waals surface area contributed by atoms with Gasteiger partial charge in [0.25, 0.3) is 8.32 Å². The summed E-state index contributed by atoms with van der Waals surface area (Å²) in [6, 6.07) is 21.4. The SMILES string of the molecule is COC1C[C@H](O[Si](c2ccccc2)(c2ccccc2)C(C)(C)C)CO1. The van der Waals surface area contributed by atoms with Gasteiger partial charge in [0.15, 0.2) is 6.29 Å². The van der Waals surface area contributed by atoms with E-state index < -0.39 is 8.32 Å².